The van der Waals surface area contributed by atoms with Crippen LogP contribution in [0.25, 0.3) is 0 Å². The first-order valence-electron chi connectivity index (χ1n) is 11.8. The summed E-state index contributed by atoms with van der Waals surface area (Å²) in [5.74, 6) is -1.33. The molecule has 192 valence electrons. The number of halogens is 2. The maximum atomic E-state index is 13.8. The van der Waals surface area contributed by atoms with E-state index in [9.17, 15) is 18.8 Å². The van der Waals surface area contributed by atoms with E-state index in [4.69, 9.17) is 16.3 Å². The summed E-state index contributed by atoms with van der Waals surface area (Å²) in [6.07, 6.45) is 2.93. The fourth-order valence-electron chi connectivity index (χ4n) is 4.66. The lowest BCUT2D eigenvalue weighted by Crippen LogP contribution is -2.64. The normalized spacial score (nSPS) is 18.8. The molecule has 2 aromatic carbocycles. The summed E-state index contributed by atoms with van der Waals surface area (Å²) in [4.78, 5) is 46.2. The van der Waals surface area contributed by atoms with Crippen LogP contribution in [0.1, 0.15) is 46.3 Å². The van der Waals surface area contributed by atoms with E-state index in [-0.39, 0.29) is 42.2 Å². The molecule has 1 saturated carbocycles. The number of hydrogen-bond donors (Lipinski definition) is 2. The number of hydrogen-bond acceptors (Lipinski definition) is 5. The quantitative estimate of drug-likeness (QED) is 0.490. The number of nitrogens with one attached hydrogen (secondary N) is 2. The van der Waals surface area contributed by atoms with Crippen molar-refractivity contribution in [3.63, 3.8) is 0 Å². The first kappa shape index (κ1) is 24.8. The van der Waals surface area contributed by atoms with Crippen molar-refractivity contribution in [2.75, 3.05) is 12.4 Å². The average molecular weight is 526 g/mol. The molecule has 2 N–H and O–H groups in total. The lowest BCUT2D eigenvalue weighted by molar-refractivity contribution is -0.133. The molecule has 3 amide bonds. The molecule has 1 aliphatic heterocycles. The number of anilines is 1. The van der Waals surface area contributed by atoms with Crippen molar-refractivity contribution in [1.29, 1.82) is 0 Å². The van der Waals surface area contributed by atoms with Gasteiger partial charge < -0.3 is 24.8 Å². The lowest BCUT2D eigenvalue weighted by Gasteiger charge is -2.44. The Balaban J connectivity index is 1.41. The van der Waals surface area contributed by atoms with Gasteiger partial charge in [-0.1, -0.05) is 23.7 Å². The number of carbonyl (C=O) groups excluding carboxylic acids is 3. The Morgan fingerprint density at radius 3 is 2.62 bits per heavy atom. The summed E-state index contributed by atoms with van der Waals surface area (Å²) >= 11 is 6.07. The molecule has 1 fully saturated rings. The second kappa shape index (κ2) is 9.51. The van der Waals surface area contributed by atoms with Crippen molar-refractivity contribution in [2.24, 2.45) is 0 Å². The number of imidazole rings is 1. The third kappa shape index (κ3) is 4.64. The average Bonchev–Trinajstić information content (AvgIpc) is 3.61. The molecule has 0 saturated heterocycles. The van der Waals surface area contributed by atoms with E-state index in [1.807, 2.05) is 0 Å². The van der Waals surface area contributed by atoms with Crippen molar-refractivity contribution < 1.29 is 23.5 Å². The van der Waals surface area contributed by atoms with Crippen molar-refractivity contribution >= 4 is 35.0 Å². The number of carbonyl (C=O) groups is 3. The third-order valence-electron chi connectivity index (χ3n) is 6.66. The van der Waals surface area contributed by atoms with Crippen LogP contribution in [0, 0.1) is 5.82 Å². The van der Waals surface area contributed by atoms with Gasteiger partial charge in [-0.15, -0.1) is 0 Å². The fourth-order valence-corrected chi connectivity index (χ4v) is 4.83. The number of fused-ring (bicyclic) bond motifs is 1. The SMILES string of the molecule is COc1ccc(Cl)cc1NC(=O)c1ncn2c1C(=O)N(C1CC1)C(C)(C(=O)NCc1ccc(F)cc1)C2. The molecule has 11 heteroatoms. The minimum atomic E-state index is -1.20. The summed E-state index contributed by atoms with van der Waals surface area (Å²) in [6, 6.07) is 10.5. The molecule has 0 radical (unpaired) electrons. The summed E-state index contributed by atoms with van der Waals surface area (Å²) in [5, 5.41) is 6.00. The highest BCUT2D eigenvalue weighted by molar-refractivity contribution is 6.31. The van der Waals surface area contributed by atoms with Crippen LogP contribution in [0.3, 0.4) is 0 Å². The minimum absolute atomic E-state index is 0.0496. The summed E-state index contributed by atoms with van der Waals surface area (Å²) < 4.78 is 20.1. The first-order valence-corrected chi connectivity index (χ1v) is 12.2. The Labute approximate surface area is 217 Å². The van der Waals surface area contributed by atoms with Gasteiger partial charge in [0.05, 0.1) is 25.7 Å². The number of methoxy groups -OCH3 is 1. The monoisotopic (exact) mass is 525 g/mol. The molecule has 0 spiro atoms. The zero-order valence-corrected chi connectivity index (χ0v) is 21.0. The van der Waals surface area contributed by atoms with Crippen LogP contribution in [-0.2, 0) is 17.9 Å². The zero-order chi connectivity index (χ0) is 26.3. The topological polar surface area (TPSA) is 106 Å². The van der Waals surface area contributed by atoms with Crippen LogP contribution in [0.5, 0.6) is 5.75 Å². The van der Waals surface area contributed by atoms with Gasteiger partial charge in [0.15, 0.2) is 5.69 Å². The molecular weight excluding hydrogens is 501 g/mol. The van der Waals surface area contributed by atoms with Crippen LogP contribution in [0.2, 0.25) is 5.02 Å². The molecule has 2 aliphatic rings. The fraction of sp³-hybridized carbons (Fsp3) is 0.308. The highest BCUT2D eigenvalue weighted by Gasteiger charge is 2.53. The van der Waals surface area contributed by atoms with Gasteiger partial charge in [-0.05, 0) is 55.7 Å². The number of amides is 3. The Morgan fingerprint density at radius 1 is 1.22 bits per heavy atom. The molecule has 2 heterocycles. The Hall–Kier alpha value is -3.92. The molecular formula is C26H25ClFN5O4. The Bertz CT molecular complexity index is 1390. The van der Waals surface area contributed by atoms with E-state index >= 15 is 0 Å². The number of benzene rings is 2. The van der Waals surface area contributed by atoms with Gasteiger partial charge in [0.2, 0.25) is 5.91 Å². The third-order valence-corrected chi connectivity index (χ3v) is 6.90. The zero-order valence-electron chi connectivity index (χ0n) is 20.3. The van der Waals surface area contributed by atoms with Crippen LogP contribution < -0.4 is 15.4 Å². The van der Waals surface area contributed by atoms with Gasteiger partial charge in [-0.2, -0.15) is 0 Å². The summed E-state index contributed by atoms with van der Waals surface area (Å²) in [7, 11) is 1.47. The maximum Gasteiger partial charge on any atom is 0.276 e. The second-order valence-corrected chi connectivity index (χ2v) is 9.79. The standard InChI is InChI=1S/C26H25ClFN5O4/c1-26(25(36)29-12-15-3-6-17(28)7-4-15)13-32-14-30-21(22(32)24(35)33(26)18-8-9-18)23(34)31-19-11-16(27)5-10-20(19)37-2/h3-7,10-11,14,18H,8-9,12-13H2,1-2H3,(H,29,36)(H,31,34). The molecule has 1 atom stereocenters. The van der Waals surface area contributed by atoms with E-state index in [1.54, 1.807) is 46.7 Å². The molecule has 1 aliphatic carbocycles. The smallest absolute Gasteiger partial charge is 0.276 e. The van der Waals surface area contributed by atoms with Gasteiger partial charge in [-0.3, -0.25) is 14.4 Å². The van der Waals surface area contributed by atoms with Gasteiger partial charge in [0.1, 0.15) is 22.8 Å². The van der Waals surface area contributed by atoms with Crippen LogP contribution >= 0.6 is 11.6 Å². The van der Waals surface area contributed by atoms with E-state index in [2.05, 4.69) is 15.6 Å². The van der Waals surface area contributed by atoms with Crippen LogP contribution in [0.15, 0.2) is 48.8 Å². The van der Waals surface area contributed by atoms with Crippen molar-refractivity contribution in [3.05, 3.63) is 76.6 Å². The van der Waals surface area contributed by atoms with Gasteiger partial charge in [0, 0.05) is 17.6 Å². The van der Waals surface area contributed by atoms with E-state index in [0.29, 0.717) is 16.5 Å². The highest BCUT2D eigenvalue weighted by Crippen LogP contribution is 2.39. The summed E-state index contributed by atoms with van der Waals surface area (Å²) in [6.45, 7) is 2.02. The lowest BCUT2D eigenvalue weighted by atomic mass is 9.93. The largest absolute Gasteiger partial charge is 0.495 e. The van der Waals surface area contributed by atoms with Crippen molar-refractivity contribution in [1.82, 2.24) is 19.8 Å². The van der Waals surface area contributed by atoms with E-state index < -0.39 is 17.4 Å². The Morgan fingerprint density at radius 2 is 1.95 bits per heavy atom. The van der Waals surface area contributed by atoms with E-state index in [0.717, 1.165) is 18.4 Å². The molecule has 3 aromatic rings. The minimum Gasteiger partial charge on any atom is -0.495 e. The molecule has 37 heavy (non-hydrogen) atoms. The molecule has 1 aromatic heterocycles. The molecule has 1 unspecified atom stereocenters. The predicted octanol–water partition coefficient (Wildman–Crippen LogP) is 3.63. The Kier molecular flexibility index (Phi) is 6.36. The highest BCUT2D eigenvalue weighted by atomic mass is 35.5. The van der Waals surface area contributed by atoms with E-state index in [1.165, 1.54) is 25.6 Å². The second-order valence-electron chi connectivity index (χ2n) is 9.36. The summed E-state index contributed by atoms with van der Waals surface area (Å²) in [5.41, 5.74) is -0.0532. The maximum absolute atomic E-state index is 13.8. The predicted molar refractivity (Wildman–Crippen MR) is 134 cm³/mol. The van der Waals surface area contributed by atoms with Gasteiger partial charge in [0.25, 0.3) is 11.8 Å². The molecule has 0 bridgehead atoms. The van der Waals surface area contributed by atoms with Crippen LogP contribution in [0.4, 0.5) is 10.1 Å². The molecule has 9 nitrogen and oxygen atoms in total. The van der Waals surface area contributed by atoms with Gasteiger partial charge in [-0.25, -0.2) is 9.37 Å². The molecule has 5 rings (SSSR count). The number of aromatic nitrogens is 2. The van der Waals surface area contributed by atoms with Crippen molar-refractivity contribution in [2.45, 2.75) is 44.4 Å². The van der Waals surface area contributed by atoms with Gasteiger partial charge >= 0.3 is 0 Å². The first-order chi connectivity index (χ1) is 17.7. The number of rotatable bonds is 7. The number of nitrogens with zero attached hydrogens (tertiary/aromatic N) is 3. The number of ether oxygens (including phenoxy) is 1. The van der Waals surface area contributed by atoms with Crippen molar-refractivity contribution in [3.8, 4) is 5.75 Å². The van der Waals surface area contributed by atoms with Crippen LogP contribution in [-0.4, -0.2) is 50.9 Å².